The van der Waals surface area contributed by atoms with Gasteiger partial charge in [0.05, 0.1) is 0 Å². The van der Waals surface area contributed by atoms with Crippen molar-refractivity contribution in [1.82, 2.24) is 0 Å². The van der Waals surface area contributed by atoms with Crippen LogP contribution < -0.4 is 0 Å². The zero-order valence-corrected chi connectivity index (χ0v) is 9.94. The Bertz CT molecular complexity index is 112. The van der Waals surface area contributed by atoms with Gasteiger partial charge in [0.1, 0.15) is 0 Å². The van der Waals surface area contributed by atoms with Gasteiger partial charge in [0, 0.05) is 5.33 Å². The lowest BCUT2D eigenvalue weighted by atomic mass is 9.76. The summed E-state index contributed by atoms with van der Waals surface area (Å²) in [4.78, 5) is 0. The Morgan fingerprint density at radius 2 is 1.75 bits per heavy atom. The highest BCUT2D eigenvalue weighted by molar-refractivity contribution is 9.09. The first kappa shape index (κ1) is 10.6. The van der Waals surface area contributed by atoms with E-state index in [0.717, 1.165) is 17.8 Å². The third kappa shape index (κ3) is 3.08. The van der Waals surface area contributed by atoms with Gasteiger partial charge in [0.2, 0.25) is 0 Å². The second-order valence-electron chi connectivity index (χ2n) is 4.50. The minimum absolute atomic E-state index is 0.912. The average molecular weight is 233 g/mol. The van der Waals surface area contributed by atoms with Gasteiger partial charge in [-0.3, -0.25) is 0 Å². The first-order valence-corrected chi connectivity index (χ1v) is 6.42. The van der Waals surface area contributed by atoms with Gasteiger partial charge in [-0.05, 0) is 37.0 Å². The lowest BCUT2D eigenvalue weighted by Crippen LogP contribution is -2.18. The third-order valence-corrected chi connectivity index (χ3v) is 3.81. The zero-order chi connectivity index (χ0) is 8.97. The first-order chi connectivity index (χ1) is 5.74. The van der Waals surface area contributed by atoms with E-state index < -0.39 is 0 Å². The first-order valence-electron chi connectivity index (χ1n) is 5.30. The number of halogens is 1. The average Bonchev–Trinajstić information content (AvgIpc) is 2.06. The van der Waals surface area contributed by atoms with E-state index in [1.54, 1.807) is 0 Å². The van der Waals surface area contributed by atoms with Crippen LogP contribution in [0.2, 0.25) is 0 Å². The molecule has 0 N–H and O–H groups in total. The smallest absolute Gasteiger partial charge is 0.00339 e. The van der Waals surface area contributed by atoms with Gasteiger partial charge < -0.3 is 0 Å². The van der Waals surface area contributed by atoms with Gasteiger partial charge in [-0.1, -0.05) is 42.6 Å². The van der Waals surface area contributed by atoms with E-state index in [1.807, 2.05) is 0 Å². The Hall–Kier alpha value is 0.480. The summed E-state index contributed by atoms with van der Waals surface area (Å²) in [6.45, 7) is 4.74. The molecule has 0 radical (unpaired) electrons. The molecule has 0 saturated heterocycles. The van der Waals surface area contributed by atoms with E-state index in [1.165, 1.54) is 37.4 Å². The molecule has 0 amide bonds. The summed E-state index contributed by atoms with van der Waals surface area (Å²) in [6, 6.07) is 0. The molecule has 0 aromatic carbocycles. The molecule has 0 aromatic heterocycles. The maximum atomic E-state index is 3.53. The van der Waals surface area contributed by atoms with Crippen molar-refractivity contribution in [2.75, 3.05) is 5.33 Å². The fourth-order valence-electron chi connectivity index (χ4n) is 2.30. The zero-order valence-electron chi connectivity index (χ0n) is 8.35. The van der Waals surface area contributed by atoms with Crippen LogP contribution in [0.4, 0.5) is 0 Å². The molecule has 1 fully saturated rings. The van der Waals surface area contributed by atoms with Crippen LogP contribution in [0.25, 0.3) is 0 Å². The van der Waals surface area contributed by atoms with E-state index in [4.69, 9.17) is 0 Å². The predicted molar refractivity (Wildman–Crippen MR) is 58.7 cm³/mol. The third-order valence-electron chi connectivity index (χ3n) is 3.35. The molecular weight excluding hydrogens is 212 g/mol. The van der Waals surface area contributed by atoms with E-state index in [9.17, 15) is 0 Å². The highest BCUT2D eigenvalue weighted by Crippen LogP contribution is 2.34. The van der Waals surface area contributed by atoms with Crippen LogP contribution in [-0.4, -0.2) is 5.33 Å². The summed E-state index contributed by atoms with van der Waals surface area (Å²) in [7, 11) is 0. The molecule has 0 unspecified atom stereocenters. The lowest BCUT2D eigenvalue weighted by Gasteiger charge is -2.30. The minimum atomic E-state index is 0.912. The Morgan fingerprint density at radius 1 is 1.17 bits per heavy atom. The van der Waals surface area contributed by atoms with Gasteiger partial charge in [-0.15, -0.1) is 0 Å². The van der Waals surface area contributed by atoms with Crippen molar-refractivity contribution in [3.8, 4) is 0 Å². The van der Waals surface area contributed by atoms with Crippen LogP contribution in [0.1, 0.15) is 46.0 Å². The standard InChI is InChI=1S/C11H21Br/c1-9(2)11-5-3-10(4-6-11)7-8-12/h9-11H,3-8H2,1-2H3. The molecule has 0 aliphatic heterocycles. The number of alkyl halides is 1. The van der Waals surface area contributed by atoms with E-state index >= 15 is 0 Å². The van der Waals surface area contributed by atoms with Crippen molar-refractivity contribution < 1.29 is 0 Å². The second-order valence-corrected chi connectivity index (χ2v) is 5.30. The molecular formula is C11H21Br. The lowest BCUT2D eigenvalue weighted by molar-refractivity contribution is 0.222. The maximum absolute atomic E-state index is 3.53. The van der Waals surface area contributed by atoms with Crippen molar-refractivity contribution in [1.29, 1.82) is 0 Å². The SMILES string of the molecule is CC(C)C1CCC(CCBr)CC1. The van der Waals surface area contributed by atoms with Crippen LogP contribution >= 0.6 is 15.9 Å². The number of rotatable bonds is 3. The molecule has 0 bridgehead atoms. The summed E-state index contributed by atoms with van der Waals surface area (Å²) in [6.07, 6.45) is 7.32. The topological polar surface area (TPSA) is 0 Å². The maximum Gasteiger partial charge on any atom is 0.00339 e. The summed E-state index contributed by atoms with van der Waals surface area (Å²) in [5.41, 5.74) is 0. The molecule has 1 heteroatoms. The van der Waals surface area contributed by atoms with Crippen LogP contribution in [0, 0.1) is 17.8 Å². The van der Waals surface area contributed by atoms with E-state index in [2.05, 4.69) is 29.8 Å². The fourth-order valence-corrected chi connectivity index (χ4v) is 2.95. The number of hydrogen-bond donors (Lipinski definition) is 0. The Morgan fingerprint density at radius 3 is 2.17 bits per heavy atom. The molecule has 1 aliphatic carbocycles. The summed E-state index contributed by atoms with van der Waals surface area (Å²) in [5.74, 6) is 2.96. The van der Waals surface area contributed by atoms with Crippen LogP contribution in [0.15, 0.2) is 0 Å². The quantitative estimate of drug-likeness (QED) is 0.640. The molecule has 12 heavy (non-hydrogen) atoms. The van der Waals surface area contributed by atoms with Crippen molar-refractivity contribution in [3.63, 3.8) is 0 Å². The summed E-state index contributed by atoms with van der Waals surface area (Å²) in [5, 5.41) is 1.20. The molecule has 0 spiro atoms. The van der Waals surface area contributed by atoms with Gasteiger partial charge in [0.15, 0.2) is 0 Å². The minimum Gasteiger partial charge on any atom is -0.0928 e. The van der Waals surface area contributed by atoms with Gasteiger partial charge in [-0.25, -0.2) is 0 Å². The molecule has 1 rings (SSSR count). The summed E-state index contributed by atoms with van der Waals surface area (Å²) >= 11 is 3.53. The van der Waals surface area contributed by atoms with Crippen molar-refractivity contribution in [2.45, 2.75) is 46.0 Å². The largest absolute Gasteiger partial charge is 0.0928 e. The highest BCUT2D eigenvalue weighted by atomic mass is 79.9. The Labute approximate surface area is 85.3 Å². The fraction of sp³-hybridized carbons (Fsp3) is 1.00. The van der Waals surface area contributed by atoms with Crippen molar-refractivity contribution >= 4 is 15.9 Å². The molecule has 1 saturated carbocycles. The van der Waals surface area contributed by atoms with Gasteiger partial charge >= 0.3 is 0 Å². The van der Waals surface area contributed by atoms with Crippen LogP contribution in [-0.2, 0) is 0 Å². The normalized spacial score (nSPS) is 31.0. The molecule has 0 nitrogen and oxygen atoms in total. The summed E-state index contributed by atoms with van der Waals surface area (Å²) < 4.78 is 0. The monoisotopic (exact) mass is 232 g/mol. The van der Waals surface area contributed by atoms with Crippen molar-refractivity contribution in [3.05, 3.63) is 0 Å². The van der Waals surface area contributed by atoms with Gasteiger partial charge in [-0.2, -0.15) is 0 Å². The van der Waals surface area contributed by atoms with Crippen LogP contribution in [0.3, 0.4) is 0 Å². The predicted octanol–water partition coefficient (Wildman–Crippen LogP) is 4.23. The van der Waals surface area contributed by atoms with Crippen LogP contribution in [0.5, 0.6) is 0 Å². The molecule has 1 aliphatic rings. The number of hydrogen-bond acceptors (Lipinski definition) is 0. The molecule has 72 valence electrons. The van der Waals surface area contributed by atoms with E-state index in [-0.39, 0.29) is 0 Å². The second kappa shape index (κ2) is 5.26. The van der Waals surface area contributed by atoms with E-state index in [0.29, 0.717) is 0 Å². The molecule has 0 atom stereocenters. The Kier molecular flexibility index (Phi) is 4.63. The van der Waals surface area contributed by atoms with Crippen molar-refractivity contribution in [2.24, 2.45) is 17.8 Å². The van der Waals surface area contributed by atoms with Gasteiger partial charge in [0.25, 0.3) is 0 Å². The molecule has 0 heterocycles. The Balaban J connectivity index is 2.20. The highest BCUT2D eigenvalue weighted by Gasteiger charge is 2.22. The molecule has 0 aromatic rings.